The number of aromatic nitrogens is 1. The van der Waals surface area contributed by atoms with Crippen molar-refractivity contribution in [3.05, 3.63) is 77.4 Å². The Balaban J connectivity index is 2.25. The lowest BCUT2D eigenvalue weighted by molar-refractivity contribution is 0.0698. The third-order valence-electron chi connectivity index (χ3n) is 3.25. The monoisotopic (exact) mass is 297 g/mol. The molecular formula is C17H12ClNO2. The van der Waals surface area contributed by atoms with Crippen molar-refractivity contribution in [3.8, 4) is 16.9 Å². The molecule has 0 spiro atoms. The molecule has 3 aromatic rings. The maximum absolute atomic E-state index is 11.5. The van der Waals surface area contributed by atoms with Crippen molar-refractivity contribution in [2.45, 2.75) is 0 Å². The average molecular weight is 298 g/mol. The molecule has 0 bridgehead atoms. The first-order valence-electron chi connectivity index (χ1n) is 6.43. The van der Waals surface area contributed by atoms with E-state index in [1.54, 1.807) is 24.4 Å². The quantitative estimate of drug-likeness (QED) is 0.773. The van der Waals surface area contributed by atoms with Crippen LogP contribution < -0.4 is 0 Å². The third kappa shape index (κ3) is 2.56. The maximum atomic E-state index is 11.5. The fraction of sp³-hybridized carbons (Fsp3) is 0. The van der Waals surface area contributed by atoms with Gasteiger partial charge < -0.3 is 9.67 Å². The van der Waals surface area contributed by atoms with Gasteiger partial charge in [0.2, 0.25) is 0 Å². The molecule has 0 aliphatic rings. The number of carboxylic acid groups (broad SMARTS) is 1. The zero-order valence-electron chi connectivity index (χ0n) is 11.0. The molecule has 104 valence electrons. The SMILES string of the molecule is O=C(O)c1ccn(-c2cccc(Cl)c2)c1-c1ccccc1. The van der Waals surface area contributed by atoms with E-state index < -0.39 is 5.97 Å². The summed E-state index contributed by atoms with van der Waals surface area (Å²) in [5.41, 5.74) is 2.58. The van der Waals surface area contributed by atoms with Gasteiger partial charge in [0.1, 0.15) is 0 Å². The highest BCUT2D eigenvalue weighted by Gasteiger charge is 2.17. The highest BCUT2D eigenvalue weighted by atomic mass is 35.5. The summed E-state index contributed by atoms with van der Waals surface area (Å²) in [4.78, 5) is 11.5. The average Bonchev–Trinajstić information content (AvgIpc) is 2.93. The molecule has 2 aromatic carbocycles. The molecule has 1 heterocycles. The minimum atomic E-state index is -0.949. The van der Waals surface area contributed by atoms with Crippen LogP contribution in [0.4, 0.5) is 0 Å². The summed E-state index contributed by atoms with van der Waals surface area (Å²) in [6.07, 6.45) is 1.75. The standard InChI is InChI=1S/C17H12ClNO2/c18-13-7-4-8-14(11-13)19-10-9-15(17(20)21)16(19)12-5-2-1-3-6-12/h1-11H,(H,20,21). The highest BCUT2D eigenvalue weighted by Crippen LogP contribution is 2.29. The van der Waals surface area contributed by atoms with Gasteiger partial charge in [-0.15, -0.1) is 0 Å². The Morgan fingerprint density at radius 1 is 1.00 bits per heavy atom. The molecule has 4 heteroatoms. The summed E-state index contributed by atoms with van der Waals surface area (Å²) in [7, 11) is 0. The van der Waals surface area contributed by atoms with Gasteiger partial charge in [0.25, 0.3) is 0 Å². The number of carbonyl (C=O) groups is 1. The minimum Gasteiger partial charge on any atom is -0.478 e. The second kappa shape index (κ2) is 5.46. The summed E-state index contributed by atoms with van der Waals surface area (Å²) < 4.78 is 1.84. The van der Waals surface area contributed by atoms with Gasteiger partial charge in [0, 0.05) is 16.9 Å². The second-order valence-electron chi connectivity index (χ2n) is 4.60. The van der Waals surface area contributed by atoms with Crippen molar-refractivity contribution in [1.82, 2.24) is 4.57 Å². The number of benzene rings is 2. The Morgan fingerprint density at radius 2 is 1.76 bits per heavy atom. The van der Waals surface area contributed by atoms with E-state index in [2.05, 4.69) is 0 Å². The van der Waals surface area contributed by atoms with E-state index in [1.807, 2.05) is 47.0 Å². The van der Waals surface area contributed by atoms with Gasteiger partial charge in [-0.3, -0.25) is 0 Å². The van der Waals surface area contributed by atoms with Crippen molar-refractivity contribution in [1.29, 1.82) is 0 Å². The number of carboxylic acids is 1. The van der Waals surface area contributed by atoms with Crippen LogP contribution in [0.25, 0.3) is 16.9 Å². The van der Waals surface area contributed by atoms with E-state index in [1.165, 1.54) is 0 Å². The lowest BCUT2D eigenvalue weighted by Gasteiger charge is -2.11. The van der Waals surface area contributed by atoms with Crippen LogP contribution in [0.1, 0.15) is 10.4 Å². The van der Waals surface area contributed by atoms with Crippen molar-refractivity contribution in [3.63, 3.8) is 0 Å². The lowest BCUT2D eigenvalue weighted by atomic mass is 10.1. The number of halogens is 1. The molecule has 1 N–H and O–H groups in total. The van der Waals surface area contributed by atoms with Gasteiger partial charge in [-0.2, -0.15) is 0 Å². The number of rotatable bonds is 3. The second-order valence-corrected chi connectivity index (χ2v) is 5.04. The molecule has 21 heavy (non-hydrogen) atoms. The zero-order valence-corrected chi connectivity index (χ0v) is 11.8. The molecule has 3 nitrogen and oxygen atoms in total. The Labute approximate surface area is 127 Å². The molecular weight excluding hydrogens is 286 g/mol. The maximum Gasteiger partial charge on any atom is 0.337 e. The molecule has 1 aromatic heterocycles. The van der Waals surface area contributed by atoms with E-state index in [4.69, 9.17) is 11.6 Å². The van der Waals surface area contributed by atoms with E-state index in [0.717, 1.165) is 11.3 Å². The summed E-state index contributed by atoms with van der Waals surface area (Å²) in [6.45, 7) is 0. The van der Waals surface area contributed by atoms with Crippen LogP contribution in [-0.2, 0) is 0 Å². The fourth-order valence-electron chi connectivity index (χ4n) is 2.34. The van der Waals surface area contributed by atoms with Crippen LogP contribution in [-0.4, -0.2) is 15.6 Å². The van der Waals surface area contributed by atoms with Crippen LogP contribution in [0.3, 0.4) is 0 Å². The van der Waals surface area contributed by atoms with Crippen LogP contribution in [0.5, 0.6) is 0 Å². The first-order chi connectivity index (χ1) is 10.2. The first kappa shape index (κ1) is 13.5. The van der Waals surface area contributed by atoms with E-state index in [-0.39, 0.29) is 5.56 Å². The van der Waals surface area contributed by atoms with Crippen LogP contribution in [0, 0.1) is 0 Å². The molecule has 0 saturated carbocycles. The fourth-order valence-corrected chi connectivity index (χ4v) is 2.52. The van der Waals surface area contributed by atoms with Gasteiger partial charge >= 0.3 is 5.97 Å². The Kier molecular flexibility index (Phi) is 3.50. The molecule has 3 rings (SSSR count). The van der Waals surface area contributed by atoms with Crippen molar-refractivity contribution in [2.75, 3.05) is 0 Å². The highest BCUT2D eigenvalue weighted by molar-refractivity contribution is 6.30. The zero-order chi connectivity index (χ0) is 14.8. The van der Waals surface area contributed by atoms with Crippen LogP contribution in [0.2, 0.25) is 5.02 Å². The van der Waals surface area contributed by atoms with E-state index >= 15 is 0 Å². The molecule has 0 unspecified atom stereocenters. The molecule has 0 atom stereocenters. The molecule has 0 aliphatic carbocycles. The smallest absolute Gasteiger partial charge is 0.337 e. The normalized spacial score (nSPS) is 10.5. The van der Waals surface area contributed by atoms with Gasteiger partial charge in [-0.25, -0.2) is 4.79 Å². The first-order valence-corrected chi connectivity index (χ1v) is 6.80. The molecule has 0 radical (unpaired) electrons. The Morgan fingerprint density at radius 3 is 2.43 bits per heavy atom. The molecule has 0 saturated heterocycles. The van der Waals surface area contributed by atoms with Crippen molar-refractivity contribution >= 4 is 17.6 Å². The topological polar surface area (TPSA) is 42.2 Å². The van der Waals surface area contributed by atoms with Gasteiger partial charge in [-0.05, 0) is 29.8 Å². The number of nitrogens with zero attached hydrogens (tertiary/aromatic N) is 1. The number of aromatic carboxylic acids is 1. The molecule has 0 fully saturated rings. The van der Waals surface area contributed by atoms with Gasteiger partial charge in [0.05, 0.1) is 11.3 Å². The predicted octanol–water partition coefficient (Wildman–Crippen LogP) is 4.50. The third-order valence-corrected chi connectivity index (χ3v) is 3.49. The largest absolute Gasteiger partial charge is 0.478 e. The molecule has 0 aliphatic heterocycles. The molecule has 0 amide bonds. The van der Waals surface area contributed by atoms with Gasteiger partial charge in [-0.1, -0.05) is 48.0 Å². The van der Waals surface area contributed by atoms with Crippen LogP contribution >= 0.6 is 11.6 Å². The summed E-state index contributed by atoms with van der Waals surface area (Å²) in [5, 5.41) is 10.0. The van der Waals surface area contributed by atoms with Crippen molar-refractivity contribution < 1.29 is 9.90 Å². The summed E-state index contributed by atoms with van der Waals surface area (Å²) in [5.74, 6) is -0.949. The van der Waals surface area contributed by atoms with E-state index in [9.17, 15) is 9.90 Å². The minimum absolute atomic E-state index is 0.265. The lowest BCUT2D eigenvalue weighted by Crippen LogP contribution is -2.01. The Bertz CT molecular complexity index is 794. The van der Waals surface area contributed by atoms with Gasteiger partial charge in [0.15, 0.2) is 0 Å². The van der Waals surface area contributed by atoms with Crippen LogP contribution in [0.15, 0.2) is 66.9 Å². The predicted molar refractivity (Wildman–Crippen MR) is 83.2 cm³/mol. The number of hydrogen-bond donors (Lipinski definition) is 1. The Hall–Kier alpha value is -2.52. The summed E-state index contributed by atoms with van der Waals surface area (Å²) in [6, 6.07) is 18.4. The number of hydrogen-bond acceptors (Lipinski definition) is 1. The van der Waals surface area contributed by atoms with Crippen molar-refractivity contribution in [2.24, 2.45) is 0 Å². The summed E-state index contributed by atoms with van der Waals surface area (Å²) >= 11 is 6.03. The van der Waals surface area contributed by atoms with E-state index in [0.29, 0.717) is 10.7 Å².